The summed E-state index contributed by atoms with van der Waals surface area (Å²) >= 11 is 3.52. The highest BCUT2D eigenvalue weighted by Gasteiger charge is 2.09. The maximum Gasteiger partial charge on any atom is 0.0834 e. The molecule has 90 valence electrons. The van der Waals surface area contributed by atoms with E-state index in [1.807, 2.05) is 36.9 Å². The lowest BCUT2D eigenvalue weighted by atomic mass is 10.2. The van der Waals surface area contributed by atoms with Crippen LogP contribution in [0.3, 0.4) is 0 Å². The van der Waals surface area contributed by atoms with Gasteiger partial charge in [0.1, 0.15) is 0 Å². The van der Waals surface area contributed by atoms with E-state index in [2.05, 4.69) is 26.0 Å². The largest absolute Gasteiger partial charge is 0.326 e. The molecular formula is C12H15BrN4. The summed E-state index contributed by atoms with van der Waals surface area (Å²) in [5, 5.41) is 4.45. The minimum absolute atomic E-state index is 0.527. The minimum atomic E-state index is 0.527. The predicted molar refractivity (Wildman–Crippen MR) is 70.6 cm³/mol. The summed E-state index contributed by atoms with van der Waals surface area (Å²) in [5.41, 5.74) is 9.69. The summed E-state index contributed by atoms with van der Waals surface area (Å²) < 4.78 is 3.01. The van der Waals surface area contributed by atoms with E-state index < -0.39 is 0 Å². The molecule has 0 radical (unpaired) electrons. The Hall–Kier alpha value is -1.20. The Morgan fingerprint density at radius 1 is 1.35 bits per heavy atom. The Bertz CT molecular complexity index is 516. The number of hydrogen-bond acceptors (Lipinski definition) is 3. The van der Waals surface area contributed by atoms with E-state index in [0.717, 1.165) is 27.1 Å². The average molecular weight is 295 g/mol. The molecule has 0 aliphatic rings. The molecule has 0 aliphatic heterocycles. The van der Waals surface area contributed by atoms with Crippen molar-refractivity contribution in [2.24, 2.45) is 5.73 Å². The van der Waals surface area contributed by atoms with E-state index in [1.54, 1.807) is 0 Å². The molecule has 0 atom stereocenters. The predicted octanol–water partition coefficient (Wildman–Crippen LogP) is 2.16. The molecule has 0 spiro atoms. The standard InChI is InChI=1S/C12H15BrN4/c1-8-12(13)9(2)17(16-8)7-11-4-3-10(5-14)6-15-11/h3-4,6H,5,7,14H2,1-2H3. The highest BCUT2D eigenvalue weighted by Crippen LogP contribution is 2.20. The molecule has 2 heterocycles. The quantitative estimate of drug-likeness (QED) is 0.944. The summed E-state index contributed by atoms with van der Waals surface area (Å²) in [7, 11) is 0. The topological polar surface area (TPSA) is 56.7 Å². The molecule has 0 saturated carbocycles. The van der Waals surface area contributed by atoms with E-state index in [9.17, 15) is 0 Å². The minimum Gasteiger partial charge on any atom is -0.326 e. The molecule has 0 bridgehead atoms. The van der Waals surface area contributed by atoms with Crippen molar-refractivity contribution in [2.75, 3.05) is 0 Å². The van der Waals surface area contributed by atoms with Crippen LogP contribution in [-0.4, -0.2) is 14.8 Å². The Labute approximate surface area is 109 Å². The van der Waals surface area contributed by atoms with Gasteiger partial charge in [0.25, 0.3) is 0 Å². The smallest absolute Gasteiger partial charge is 0.0834 e. The lowest BCUT2D eigenvalue weighted by Gasteiger charge is -2.04. The van der Waals surface area contributed by atoms with Crippen molar-refractivity contribution in [3.63, 3.8) is 0 Å². The van der Waals surface area contributed by atoms with Crippen LogP contribution in [-0.2, 0) is 13.1 Å². The van der Waals surface area contributed by atoms with Gasteiger partial charge in [0, 0.05) is 12.7 Å². The second kappa shape index (κ2) is 4.98. The van der Waals surface area contributed by atoms with Crippen LogP contribution in [0.25, 0.3) is 0 Å². The molecule has 0 amide bonds. The van der Waals surface area contributed by atoms with Gasteiger partial charge < -0.3 is 5.73 Å². The fourth-order valence-electron chi connectivity index (χ4n) is 1.65. The van der Waals surface area contributed by atoms with Crippen molar-refractivity contribution in [3.8, 4) is 0 Å². The van der Waals surface area contributed by atoms with E-state index in [-0.39, 0.29) is 0 Å². The van der Waals surface area contributed by atoms with Crippen LogP contribution in [0.1, 0.15) is 22.6 Å². The van der Waals surface area contributed by atoms with Crippen molar-refractivity contribution in [1.82, 2.24) is 14.8 Å². The average Bonchev–Trinajstić information content (AvgIpc) is 2.58. The molecule has 2 aromatic heterocycles. The van der Waals surface area contributed by atoms with Crippen molar-refractivity contribution >= 4 is 15.9 Å². The van der Waals surface area contributed by atoms with Crippen LogP contribution in [0.5, 0.6) is 0 Å². The monoisotopic (exact) mass is 294 g/mol. The Kier molecular flexibility index (Phi) is 3.59. The summed E-state index contributed by atoms with van der Waals surface area (Å²) in [4.78, 5) is 4.37. The second-order valence-electron chi connectivity index (χ2n) is 4.00. The first-order valence-electron chi connectivity index (χ1n) is 5.45. The van der Waals surface area contributed by atoms with Crippen molar-refractivity contribution < 1.29 is 0 Å². The zero-order valence-electron chi connectivity index (χ0n) is 9.94. The van der Waals surface area contributed by atoms with Crippen LogP contribution >= 0.6 is 15.9 Å². The third-order valence-corrected chi connectivity index (χ3v) is 3.87. The number of nitrogens with two attached hydrogens (primary N) is 1. The third-order valence-electron chi connectivity index (χ3n) is 2.73. The number of hydrogen-bond donors (Lipinski definition) is 1. The lowest BCUT2D eigenvalue weighted by molar-refractivity contribution is 0.646. The molecule has 0 aliphatic carbocycles. The summed E-state index contributed by atoms with van der Waals surface area (Å²) in [5.74, 6) is 0. The molecule has 4 nitrogen and oxygen atoms in total. The second-order valence-corrected chi connectivity index (χ2v) is 4.80. The highest BCUT2D eigenvalue weighted by atomic mass is 79.9. The molecule has 0 saturated heterocycles. The van der Waals surface area contributed by atoms with Crippen LogP contribution in [0, 0.1) is 13.8 Å². The van der Waals surface area contributed by atoms with Gasteiger partial charge in [0.15, 0.2) is 0 Å². The zero-order valence-corrected chi connectivity index (χ0v) is 11.5. The van der Waals surface area contributed by atoms with Crippen molar-refractivity contribution in [1.29, 1.82) is 0 Å². The van der Waals surface area contributed by atoms with Crippen molar-refractivity contribution in [2.45, 2.75) is 26.9 Å². The van der Waals surface area contributed by atoms with Gasteiger partial charge in [-0.25, -0.2) is 0 Å². The third kappa shape index (κ3) is 2.56. The van der Waals surface area contributed by atoms with Crippen LogP contribution in [0.15, 0.2) is 22.8 Å². The number of aromatic nitrogens is 3. The number of nitrogens with zero attached hydrogens (tertiary/aromatic N) is 3. The molecule has 2 aromatic rings. The maximum absolute atomic E-state index is 5.54. The van der Waals surface area contributed by atoms with Gasteiger partial charge in [-0.3, -0.25) is 9.67 Å². The van der Waals surface area contributed by atoms with E-state index >= 15 is 0 Å². The Balaban J connectivity index is 2.22. The first kappa shape index (κ1) is 12.3. The zero-order chi connectivity index (χ0) is 12.4. The van der Waals surface area contributed by atoms with Crippen molar-refractivity contribution in [3.05, 3.63) is 45.4 Å². The summed E-state index contributed by atoms with van der Waals surface area (Å²) in [6.07, 6.45) is 1.82. The summed E-state index contributed by atoms with van der Waals surface area (Å²) in [6, 6.07) is 4.00. The number of aryl methyl sites for hydroxylation is 1. The van der Waals surface area contributed by atoms with Gasteiger partial charge in [-0.1, -0.05) is 6.07 Å². The number of rotatable bonds is 3. The maximum atomic E-state index is 5.54. The van der Waals surface area contributed by atoms with Gasteiger partial charge in [-0.15, -0.1) is 0 Å². The van der Waals surface area contributed by atoms with Gasteiger partial charge in [0.05, 0.1) is 28.1 Å². The molecule has 5 heteroatoms. The molecule has 2 rings (SSSR count). The van der Waals surface area contributed by atoms with Crippen LogP contribution < -0.4 is 5.73 Å². The molecular weight excluding hydrogens is 280 g/mol. The van der Waals surface area contributed by atoms with Crippen LogP contribution in [0.2, 0.25) is 0 Å². The molecule has 0 aromatic carbocycles. The lowest BCUT2D eigenvalue weighted by Crippen LogP contribution is -2.06. The number of halogens is 1. The van der Waals surface area contributed by atoms with E-state index in [4.69, 9.17) is 5.73 Å². The fraction of sp³-hybridized carbons (Fsp3) is 0.333. The van der Waals surface area contributed by atoms with E-state index in [1.165, 1.54) is 0 Å². The molecule has 2 N–H and O–H groups in total. The Morgan fingerprint density at radius 3 is 2.59 bits per heavy atom. The summed E-state index contributed by atoms with van der Waals surface area (Å²) in [6.45, 7) is 5.23. The SMILES string of the molecule is Cc1nn(Cc2ccc(CN)cn2)c(C)c1Br. The molecule has 17 heavy (non-hydrogen) atoms. The van der Waals surface area contributed by atoms with Gasteiger partial charge in [0.2, 0.25) is 0 Å². The van der Waals surface area contributed by atoms with Gasteiger partial charge in [-0.2, -0.15) is 5.10 Å². The highest BCUT2D eigenvalue weighted by molar-refractivity contribution is 9.10. The van der Waals surface area contributed by atoms with E-state index in [0.29, 0.717) is 13.1 Å². The first-order valence-corrected chi connectivity index (χ1v) is 6.24. The Morgan fingerprint density at radius 2 is 2.12 bits per heavy atom. The fourth-order valence-corrected chi connectivity index (χ4v) is 1.94. The van der Waals surface area contributed by atoms with Gasteiger partial charge in [-0.05, 0) is 41.4 Å². The molecule has 0 unspecified atom stereocenters. The first-order chi connectivity index (χ1) is 8.11. The molecule has 0 fully saturated rings. The number of pyridine rings is 1. The van der Waals surface area contributed by atoms with Gasteiger partial charge >= 0.3 is 0 Å². The van der Waals surface area contributed by atoms with Crippen LogP contribution in [0.4, 0.5) is 0 Å². The normalized spacial score (nSPS) is 10.8.